The van der Waals surface area contributed by atoms with Crippen molar-refractivity contribution in [2.45, 2.75) is 26.9 Å². The van der Waals surface area contributed by atoms with E-state index in [1.807, 2.05) is 32.0 Å². The van der Waals surface area contributed by atoms with Crippen molar-refractivity contribution in [3.05, 3.63) is 45.8 Å². The quantitative estimate of drug-likeness (QED) is 0.750. The van der Waals surface area contributed by atoms with Gasteiger partial charge in [0, 0.05) is 9.86 Å². The fraction of sp³-hybridized carbons (Fsp3) is 0.250. The highest BCUT2D eigenvalue weighted by Crippen LogP contribution is 2.34. The van der Waals surface area contributed by atoms with Crippen LogP contribution in [0.5, 0.6) is 0 Å². The summed E-state index contributed by atoms with van der Waals surface area (Å²) in [4.78, 5) is 4.72. The summed E-state index contributed by atoms with van der Waals surface area (Å²) in [5, 5.41) is 14.8. The number of aliphatic hydroxyl groups is 1. The zero-order valence-electron chi connectivity index (χ0n) is 12.0. The van der Waals surface area contributed by atoms with Crippen LogP contribution in [0.2, 0.25) is 0 Å². The Morgan fingerprint density at radius 1 is 1.24 bits per heavy atom. The molecule has 1 unspecified atom stereocenters. The largest absolute Gasteiger partial charge is 0.389 e. The average molecular weight is 347 g/mol. The molecule has 0 saturated heterocycles. The van der Waals surface area contributed by atoms with E-state index in [0.29, 0.717) is 0 Å². The van der Waals surface area contributed by atoms with Gasteiger partial charge in [-0.1, -0.05) is 11.2 Å². The first-order valence-electron chi connectivity index (χ1n) is 6.67. The minimum absolute atomic E-state index is 0.538. The van der Waals surface area contributed by atoms with Gasteiger partial charge in [-0.3, -0.25) is 0 Å². The normalized spacial score (nSPS) is 12.8. The Morgan fingerprint density at radius 3 is 2.62 bits per heavy atom. The summed E-state index contributed by atoms with van der Waals surface area (Å²) in [5.41, 5.74) is 5.26. The van der Waals surface area contributed by atoms with Gasteiger partial charge in [0.1, 0.15) is 6.26 Å². The molecule has 0 bridgehead atoms. The third-order valence-corrected chi connectivity index (χ3v) is 4.12. The Hall–Kier alpha value is -1.72. The molecule has 0 spiro atoms. The first-order valence-corrected chi connectivity index (χ1v) is 7.47. The van der Waals surface area contributed by atoms with Crippen molar-refractivity contribution in [3.8, 4) is 11.3 Å². The molecular formula is C16H15BrN2O2. The van der Waals surface area contributed by atoms with E-state index in [1.54, 1.807) is 13.2 Å². The molecule has 0 aliphatic heterocycles. The van der Waals surface area contributed by atoms with Gasteiger partial charge in [0.05, 0.1) is 28.6 Å². The van der Waals surface area contributed by atoms with E-state index in [1.165, 1.54) is 0 Å². The molecule has 3 aromatic rings. The van der Waals surface area contributed by atoms with Crippen LogP contribution >= 0.6 is 15.9 Å². The van der Waals surface area contributed by atoms with Crippen LogP contribution in [0.4, 0.5) is 0 Å². The van der Waals surface area contributed by atoms with Gasteiger partial charge in [-0.25, -0.2) is 4.98 Å². The van der Waals surface area contributed by atoms with Gasteiger partial charge in [-0.15, -0.1) is 0 Å². The molecule has 0 amide bonds. The van der Waals surface area contributed by atoms with Crippen LogP contribution < -0.4 is 0 Å². The van der Waals surface area contributed by atoms with Crippen LogP contribution in [0.25, 0.3) is 22.2 Å². The lowest BCUT2D eigenvalue weighted by Crippen LogP contribution is -1.97. The standard InChI is InChI=1S/C16H15BrN2O2/c1-8-4-11(10(3)20)12-6-14(17)16(18-15(12)5-8)13-7-21-19-9(13)2/h4-7,10,20H,1-3H3. The van der Waals surface area contributed by atoms with Crippen molar-refractivity contribution in [1.82, 2.24) is 10.1 Å². The smallest absolute Gasteiger partial charge is 0.133 e. The minimum Gasteiger partial charge on any atom is -0.389 e. The Morgan fingerprint density at radius 2 is 2.00 bits per heavy atom. The van der Waals surface area contributed by atoms with Gasteiger partial charge in [0.25, 0.3) is 0 Å². The summed E-state index contributed by atoms with van der Waals surface area (Å²) >= 11 is 3.56. The fourth-order valence-corrected chi connectivity index (χ4v) is 3.01. The highest BCUT2D eigenvalue weighted by atomic mass is 79.9. The van der Waals surface area contributed by atoms with Gasteiger partial charge in [-0.2, -0.15) is 0 Å². The number of halogens is 1. The number of pyridine rings is 1. The van der Waals surface area contributed by atoms with Gasteiger partial charge in [0.2, 0.25) is 0 Å². The first-order chi connectivity index (χ1) is 9.97. The number of aliphatic hydroxyl groups excluding tert-OH is 1. The number of rotatable bonds is 2. The van der Waals surface area contributed by atoms with Crippen LogP contribution in [-0.2, 0) is 0 Å². The molecule has 0 fully saturated rings. The zero-order valence-corrected chi connectivity index (χ0v) is 13.6. The molecule has 2 aromatic heterocycles. The van der Waals surface area contributed by atoms with Crippen molar-refractivity contribution in [1.29, 1.82) is 0 Å². The van der Waals surface area contributed by atoms with E-state index < -0.39 is 6.10 Å². The van der Waals surface area contributed by atoms with Crippen molar-refractivity contribution in [2.24, 2.45) is 0 Å². The second-order valence-corrected chi connectivity index (χ2v) is 6.08. The predicted molar refractivity (Wildman–Crippen MR) is 85.0 cm³/mol. The molecule has 1 N–H and O–H groups in total. The van der Waals surface area contributed by atoms with E-state index >= 15 is 0 Å². The number of aromatic nitrogens is 2. The van der Waals surface area contributed by atoms with Crippen molar-refractivity contribution >= 4 is 26.8 Å². The summed E-state index contributed by atoms with van der Waals surface area (Å²) in [6.45, 7) is 5.65. The van der Waals surface area contributed by atoms with E-state index in [9.17, 15) is 5.11 Å². The SMILES string of the molecule is Cc1cc(C(C)O)c2cc(Br)c(-c3conc3C)nc2c1. The summed E-state index contributed by atoms with van der Waals surface area (Å²) in [7, 11) is 0. The maximum absolute atomic E-state index is 9.97. The number of benzene rings is 1. The van der Waals surface area contributed by atoms with Crippen molar-refractivity contribution < 1.29 is 9.63 Å². The summed E-state index contributed by atoms with van der Waals surface area (Å²) < 4.78 is 5.86. The lowest BCUT2D eigenvalue weighted by atomic mass is 10.0. The predicted octanol–water partition coefficient (Wildman–Crippen LogP) is 4.32. The van der Waals surface area contributed by atoms with Crippen LogP contribution in [0.15, 0.2) is 33.5 Å². The van der Waals surface area contributed by atoms with Crippen LogP contribution in [0.3, 0.4) is 0 Å². The van der Waals surface area contributed by atoms with Crippen LogP contribution in [0.1, 0.15) is 29.8 Å². The highest BCUT2D eigenvalue weighted by Gasteiger charge is 2.15. The highest BCUT2D eigenvalue weighted by molar-refractivity contribution is 9.10. The monoisotopic (exact) mass is 346 g/mol. The average Bonchev–Trinajstić information content (AvgIpc) is 2.83. The Labute approximate surface area is 130 Å². The zero-order chi connectivity index (χ0) is 15.1. The Bertz CT molecular complexity index is 825. The second kappa shape index (κ2) is 5.24. The Kier molecular flexibility index (Phi) is 3.55. The van der Waals surface area contributed by atoms with E-state index in [4.69, 9.17) is 9.51 Å². The molecule has 3 rings (SSSR count). The summed E-state index contributed by atoms with van der Waals surface area (Å²) in [6, 6.07) is 6.00. The molecule has 108 valence electrons. The third kappa shape index (κ3) is 2.47. The summed E-state index contributed by atoms with van der Waals surface area (Å²) in [5.74, 6) is 0. The number of fused-ring (bicyclic) bond motifs is 1. The molecule has 2 heterocycles. The molecule has 0 radical (unpaired) electrons. The molecule has 1 aromatic carbocycles. The maximum atomic E-state index is 9.97. The Balaban J connectivity index is 2.32. The topological polar surface area (TPSA) is 59.2 Å². The van der Waals surface area contributed by atoms with Crippen LogP contribution in [0, 0.1) is 13.8 Å². The molecule has 1 atom stereocenters. The van der Waals surface area contributed by atoms with Gasteiger partial charge in [0.15, 0.2) is 0 Å². The number of hydrogen-bond donors (Lipinski definition) is 1. The molecule has 0 saturated carbocycles. The van der Waals surface area contributed by atoms with Gasteiger partial charge in [-0.05, 0) is 60.0 Å². The van der Waals surface area contributed by atoms with Gasteiger partial charge >= 0.3 is 0 Å². The number of aryl methyl sites for hydroxylation is 2. The van der Waals surface area contributed by atoms with E-state index in [2.05, 4.69) is 21.1 Å². The molecule has 21 heavy (non-hydrogen) atoms. The maximum Gasteiger partial charge on any atom is 0.133 e. The second-order valence-electron chi connectivity index (χ2n) is 5.23. The van der Waals surface area contributed by atoms with Gasteiger partial charge < -0.3 is 9.63 Å². The lowest BCUT2D eigenvalue weighted by molar-refractivity contribution is 0.201. The minimum atomic E-state index is -0.538. The lowest BCUT2D eigenvalue weighted by Gasteiger charge is -2.12. The molecule has 4 nitrogen and oxygen atoms in total. The van der Waals surface area contributed by atoms with Crippen molar-refractivity contribution in [2.75, 3.05) is 0 Å². The van der Waals surface area contributed by atoms with E-state index in [0.717, 1.165) is 43.5 Å². The third-order valence-electron chi connectivity index (χ3n) is 3.52. The van der Waals surface area contributed by atoms with Crippen LogP contribution in [-0.4, -0.2) is 15.2 Å². The van der Waals surface area contributed by atoms with Crippen molar-refractivity contribution in [3.63, 3.8) is 0 Å². The van der Waals surface area contributed by atoms with E-state index in [-0.39, 0.29) is 0 Å². The number of nitrogens with zero attached hydrogens (tertiary/aromatic N) is 2. The molecule has 0 aliphatic carbocycles. The first kappa shape index (κ1) is 14.2. The molecular weight excluding hydrogens is 332 g/mol. The number of hydrogen-bond acceptors (Lipinski definition) is 4. The molecule has 0 aliphatic rings. The molecule has 5 heteroatoms. The fourth-order valence-electron chi connectivity index (χ4n) is 2.48. The summed E-state index contributed by atoms with van der Waals surface area (Å²) in [6.07, 6.45) is 1.06.